The monoisotopic (exact) mass is 376 g/mol. The van der Waals surface area contributed by atoms with Gasteiger partial charge in [0, 0.05) is 25.3 Å². The van der Waals surface area contributed by atoms with Gasteiger partial charge in [-0.25, -0.2) is 14.8 Å². The minimum Gasteiger partial charge on any atom is -0.450 e. The fourth-order valence-corrected chi connectivity index (χ4v) is 2.49. The van der Waals surface area contributed by atoms with Gasteiger partial charge in [-0.3, -0.25) is 0 Å². The highest BCUT2D eigenvalue weighted by Crippen LogP contribution is 2.19. The van der Waals surface area contributed by atoms with Gasteiger partial charge in [-0.05, 0) is 42.4 Å². The molecule has 1 aliphatic rings. The summed E-state index contributed by atoms with van der Waals surface area (Å²) >= 11 is 2.21. The Kier molecular flexibility index (Phi) is 5.17. The maximum atomic E-state index is 11.6. The van der Waals surface area contributed by atoms with Crippen LogP contribution in [0.3, 0.4) is 0 Å². The lowest BCUT2D eigenvalue weighted by Crippen LogP contribution is -2.42. The Bertz CT molecular complexity index is 435. The van der Waals surface area contributed by atoms with E-state index in [0.29, 0.717) is 12.6 Å². The zero-order valence-electron chi connectivity index (χ0n) is 10.8. The average Bonchev–Trinajstić information content (AvgIpc) is 2.42. The van der Waals surface area contributed by atoms with E-state index in [1.54, 1.807) is 11.1 Å². The Labute approximate surface area is 126 Å². The molecule has 2 rings (SSSR count). The van der Waals surface area contributed by atoms with Crippen LogP contribution in [0, 0.1) is 3.57 Å². The van der Waals surface area contributed by atoms with Gasteiger partial charge in [0.1, 0.15) is 12.1 Å². The number of nitrogens with one attached hydrogen (secondary N) is 1. The summed E-state index contributed by atoms with van der Waals surface area (Å²) in [6, 6.07) is 0.342. The smallest absolute Gasteiger partial charge is 0.409 e. The van der Waals surface area contributed by atoms with Crippen molar-refractivity contribution in [1.29, 1.82) is 0 Å². The zero-order valence-corrected chi connectivity index (χ0v) is 13.0. The predicted octanol–water partition coefficient (Wildman–Crippen LogP) is 2.11. The third kappa shape index (κ3) is 3.92. The molecule has 1 amide bonds. The number of ether oxygens (including phenoxy) is 1. The van der Waals surface area contributed by atoms with E-state index in [4.69, 9.17) is 4.74 Å². The molecule has 0 unspecified atom stereocenters. The zero-order chi connectivity index (χ0) is 13.7. The summed E-state index contributed by atoms with van der Waals surface area (Å²) in [5.41, 5.74) is 0. The van der Waals surface area contributed by atoms with Crippen LogP contribution < -0.4 is 5.32 Å². The average molecular weight is 376 g/mol. The van der Waals surface area contributed by atoms with Crippen LogP contribution in [0.4, 0.5) is 10.6 Å². The summed E-state index contributed by atoms with van der Waals surface area (Å²) < 4.78 is 6.01. The maximum Gasteiger partial charge on any atom is 0.409 e. The number of halogens is 1. The van der Waals surface area contributed by atoms with Crippen LogP contribution in [-0.2, 0) is 4.74 Å². The van der Waals surface area contributed by atoms with Gasteiger partial charge in [0.2, 0.25) is 0 Å². The van der Waals surface area contributed by atoms with E-state index in [9.17, 15) is 4.79 Å². The number of aromatic nitrogens is 2. The molecule has 0 radical (unpaired) electrons. The van der Waals surface area contributed by atoms with E-state index in [0.717, 1.165) is 35.3 Å². The Morgan fingerprint density at radius 3 is 2.95 bits per heavy atom. The van der Waals surface area contributed by atoms with Gasteiger partial charge in [0.25, 0.3) is 0 Å². The molecule has 1 aromatic heterocycles. The van der Waals surface area contributed by atoms with Crippen molar-refractivity contribution >= 4 is 34.5 Å². The predicted molar refractivity (Wildman–Crippen MR) is 80.0 cm³/mol. The van der Waals surface area contributed by atoms with E-state index in [-0.39, 0.29) is 6.09 Å². The van der Waals surface area contributed by atoms with Crippen LogP contribution in [-0.4, -0.2) is 46.7 Å². The van der Waals surface area contributed by atoms with Crippen LogP contribution in [0.5, 0.6) is 0 Å². The number of nitrogens with zero attached hydrogens (tertiary/aromatic N) is 3. The summed E-state index contributed by atoms with van der Waals surface area (Å²) in [7, 11) is 0. The molecule has 1 fully saturated rings. The molecule has 19 heavy (non-hydrogen) atoms. The first-order valence-corrected chi connectivity index (χ1v) is 7.42. The molecule has 0 atom stereocenters. The minimum absolute atomic E-state index is 0.211. The molecule has 0 aromatic carbocycles. The highest BCUT2D eigenvalue weighted by atomic mass is 127. The number of carbonyl (C=O) groups is 1. The number of hydrogen-bond donors (Lipinski definition) is 1. The number of amides is 1. The first kappa shape index (κ1) is 14.3. The minimum atomic E-state index is -0.211. The summed E-state index contributed by atoms with van der Waals surface area (Å²) in [5, 5.41) is 3.40. The van der Waals surface area contributed by atoms with Crippen LogP contribution in [0.2, 0.25) is 0 Å². The SMILES string of the molecule is CCOC(=O)N1CCC(Nc2ncncc2I)CC1. The molecule has 2 heterocycles. The normalized spacial score (nSPS) is 16.2. The molecule has 0 saturated carbocycles. The summed E-state index contributed by atoms with van der Waals surface area (Å²) in [6.45, 7) is 3.69. The van der Waals surface area contributed by atoms with Crippen molar-refractivity contribution in [3.63, 3.8) is 0 Å². The van der Waals surface area contributed by atoms with Crippen molar-refractivity contribution in [2.45, 2.75) is 25.8 Å². The molecule has 7 heteroatoms. The van der Waals surface area contributed by atoms with Gasteiger partial charge in [-0.15, -0.1) is 0 Å². The third-order valence-corrected chi connectivity index (χ3v) is 3.82. The fraction of sp³-hybridized carbons (Fsp3) is 0.583. The van der Waals surface area contributed by atoms with E-state index in [2.05, 4.69) is 37.9 Å². The molecule has 1 aliphatic heterocycles. The number of piperidine rings is 1. The second-order valence-corrected chi connectivity index (χ2v) is 5.49. The highest BCUT2D eigenvalue weighted by molar-refractivity contribution is 14.1. The summed E-state index contributed by atoms with van der Waals surface area (Å²) in [5.74, 6) is 0.866. The molecule has 0 spiro atoms. The molecular weight excluding hydrogens is 359 g/mol. The molecular formula is C12H17IN4O2. The van der Waals surface area contributed by atoms with E-state index in [1.807, 2.05) is 6.92 Å². The number of hydrogen-bond acceptors (Lipinski definition) is 5. The van der Waals surface area contributed by atoms with Crippen molar-refractivity contribution in [3.8, 4) is 0 Å². The lowest BCUT2D eigenvalue weighted by molar-refractivity contribution is 0.0983. The molecule has 1 saturated heterocycles. The van der Waals surface area contributed by atoms with E-state index in [1.165, 1.54) is 6.33 Å². The first-order valence-electron chi connectivity index (χ1n) is 6.34. The molecule has 6 nitrogen and oxygen atoms in total. The van der Waals surface area contributed by atoms with Gasteiger partial charge in [-0.2, -0.15) is 0 Å². The lowest BCUT2D eigenvalue weighted by atomic mass is 10.1. The van der Waals surface area contributed by atoms with Crippen molar-refractivity contribution in [2.75, 3.05) is 25.0 Å². The Hall–Kier alpha value is -1.12. The molecule has 1 aromatic rings. The number of carbonyl (C=O) groups excluding carboxylic acids is 1. The van der Waals surface area contributed by atoms with E-state index < -0.39 is 0 Å². The van der Waals surface area contributed by atoms with Crippen LogP contribution in [0.15, 0.2) is 12.5 Å². The maximum absolute atomic E-state index is 11.6. The second kappa shape index (κ2) is 6.88. The lowest BCUT2D eigenvalue weighted by Gasteiger charge is -2.31. The first-order chi connectivity index (χ1) is 9.20. The number of rotatable bonds is 3. The number of anilines is 1. The Morgan fingerprint density at radius 1 is 1.58 bits per heavy atom. The van der Waals surface area contributed by atoms with Crippen molar-refractivity contribution in [3.05, 3.63) is 16.1 Å². The molecule has 0 aliphatic carbocycles. The second-order valence-electron chi connectivity index (χ2n) is 4.32. The van der Waals surface area contributed by atoms with Crippen molar-refractivity contribution in [2.24, 2.45) is 0 Å². The van der Waals surface area contributed by atoms with Crippen LogP contribution in [0.1, 0.15) is 19.8 Å². The van der Waals surface area contributed by atoms with E-state index >= 15 is 0 Å². The van der Waals surface area contributed by atoms with Gasteiger partial charge < -0.3 is 15.0 Å². The van der Waals surface area contributed by atoms with Crippen molar-refractivity contribution in [1.82, 2.24) is 14.9 Å². The largest absolute Gasteiger partial charge is 0.450 e. The Balaban J connectivity index is 1.84. The molecule has 104 valence electrons. The van der Waals surface area contributed by atoms with Gasteiger partial charge in [0.15, 0.2) is 0 Å². The quantitative estimate of drug-likeness (QED) is 0.819. The van der Waals surface area contributed by atoms with Gasteiger partial charge in [-0.1, -0.05) is 0 Å². The number of likely N-dealkylation sites (tertiary alicyclic amines) is 1. The third-order valence-electron chi connectivity index (χ3n) is 3.03. The standard InChI is InChI=1S/C12H17IN4O2/c1-2-19-12(18)17-5-3-9(4-6-17)16-11-10(13)7-14-8-15-11/h7-9H,2-6H2,1H3,(H,14,15,16). The topological polar surface area (TPSA) is 67.3 Å². The van der Waals surface area contributed by atoms with Gasteiger partial charge >= 0.3 is 6.09 Å². The fourth-order valence-electron chi connectivity index (χ4n) is 2.03. The summed E-state index contributed by atoms with van der Waals surface area (Å²) in [4.78, 5) is 21.5. The highest BCUT2D eigenvalue weighted by Gasteiger charge is 2.23. The molecule has 0 bridgehead atoms. The summed E-state index contributed by atoms with van der Waals surface area (Å²) in [6.07, 6.45) is 4.91. The van der Waals surface area contributed by atoms with Crippen LogP contribution in [0.25, 0.3) is 0 Å². The molecule has 1 N–H and O–H groups in total. The van der Waals surface area contributed by atoms with Gasteiger partial charge in [0.05, 0.1) is 10.2 Å². The van der Waals surface area contributed by atoms with Crippen LogP contribution >= 0.6 is 22.6 Å². The van der Waals surface area contributed by atoms with Crippen molar-refractivity contribution < 1.29 is 9.53 Å². The Morgan fingerprint density at radius 2 is 2.32 bits per heavy atom.